The van der Waals surface area contributed by atoms with Crippen molar-refractivity contribution in [1.82, 2.24) is 5.32 Å². The number of nitrogens with one attached hydrogen (secondary N) is 1. The van der Waals surface area contributed by atoms with E-state index >= 15 is 0 Å². The maximum atomic E-state index is 11.4. The van der Waals surface area contributed by atoms with Gasteiger partial charge in [-0.25, -0.2) is 0 Å². The van der Waals surface area contributed by atoms with Crippen LogP contribution in [-0.2, 0) is 9.53 Å². The standard InChI is InChI=1S/C13H20N2O4/c1-17-9-7-15-13(16)10-19-12-4-2-11(3-5-12)18-8-6-14/h2-5H,6-10,14H2,1H3,(H,15,16). The van der Waals surface area contributed by atoms with E-state index in [2.05, 4.69) is 5.32 Å². The highest BCUT2D eigenvalue weighted by atomic mass is 16.5. The Labute approximate surface area is 112 Å². The average Bonchev–Trinajstić information content (AvgIpc) is 2.44. The number of benzene rings is 1. The van der Waals surface area contributed by atoms with Crippen molar-refractivity contribution < 1.29 is 19.0 Å². The van der Waals surface area contributed by atoms with Gasteiger partial charge in [-0.3, -0.25) is 4.79 Å². The molecule has 1 aromatic rings. The summed E-state index contributed by atoms with van der Waals surface area (Å²) in [5.74, 6) is 1.16. The van der Waals surface area contributed by atoms with Crippen LogP contribution >= 0.6 is 0 Å². The van der Waals surface area contributed by atoms with Gasteiger partial charge >= 0.3 is 0 Å². The third kappa shape index (κ3) is 6.64. The monoisotopic (exact) mass is 268 g/mol. The van der Waals surface area contributed by atoms with Crippen LogP contribution in [0.1, 0.15) is 0 Å². The predicted octanol–water partition coefficient (Wildman–Crippen LogP) is 0.166. The fraction of sp³-hybridized carbons (Fsp3) is 0.462. The lowest BCUT2D eigenvalue weighted by molar-refractivity contribution is -0.123. The second kappa shape index (κ2) is 9.18. The lowest BCUT2D eigenvalue weighted by Gasteiger charge is -2.08. The van der Waals surface area contributed by atoms with Gasteiger partial charge in [0.15, 0.2) is 6.61 Å². The van der Waals surface area contributed by atoms with Crippen molar-refractivity contribution in [1.29, 1.82) is 0 Å². The molecule has 0 spiro atoms. The van der Waals surface area contributed by atoms with E-state index in [9.17, 15) is 4.79 Å². The van der Waals surface area contributed by atoms with Gasteiger partial charge in [0.2, 0.25) is 0 Å². The van der Waals surface area contributed by atoms with Crippen LogP contribution in [0.5, 0.6) is 11.5 Å². The highest BCUT2D eigenvalue weighted by Crippen LogP contribution is 2.17. The Hall–Kier alpha value is -1.79. The summed E-state index contributed by atoms with van der Waals surface area (Å²) in [6.07, 6.45) is 0. The van der Waals surface area contributed by atoms with Crippen LogP contribution in [0.3, 0.4) is 0 Å². The fourth-order valence-electron chi connectivity index (χ4n) is 1.30. The summed E-state index contributed by atoms with van der Waals surface area (Å²) >= 11 is 0. The van der Waals surface area contributed by atoms with E-state index in [1.165, 1.54) is 0 Å². The quantitative estimate of drug-likeness (QED) is 0.624. The van der Waals surface area contributed by atoms with Gasteiger partial charge in [-0.2, -0.15) is 0 Å². The van der Waals surface area contributed by atoms with Gasteiger partial charge in [0.25, 0.3) is 5.91 Å². The van der Waals surface area contributed by atoms with Gasteiger partial charge < -0.3 is 25.3 Å². The molecule has 0 fully saturated rings. The SMILES string of the molecule is COCCNC(=O)COc1ccc(OCCN)cc1. The summed E-state index contributed by atoms with van der Waals surface area (Å²) < 4.78 is 15.5. The molecule has 0 bridgehead atoms. The molecule has 106 valence electrons. The Morgan fingerprint density at radius 1 is 1.16 bits per heavy atom. The smallest absolute Gasteiger partial charge is 0.258 e. The molecular formula is C13H20N2O4. The van der Waals surface area contributed by atoms with E-state index in [0.717, 1.165) is 5.75 Å². The predicted molar refractivity (Wildman–Crippen MR) is 71.4 cm³/mol. The molecule has 6 heteroatoms. The summed E-state index contributed by atoms with van der Waals surface area (Å²) in [5, 5.41) is 2.67. The molecule has 0 aliphatic carbocycles. The molecule has 0 unspecified atom stereocenters. The van der Waals surface area contributed by atoms with E-state index in [1.54, 1.807) is 31.4 Å². The van der Waals surface area contributed by atoms with Crippen molar-refractivity contribution in [2.24, 2.45) is 5.73 Å². The zero-order chi connectivity index (χ0) is 13.9. The maximum Gasteiger partial charge on any atom is 0.258 e. The highest BCUT2D eigenvalue weighted by molar-refractivity contribution is 5.77. The molecule has 0 atom stereocenters. The summed E-state index contributed by atoms with van der Waals surface area (Å²) in [5.41, 5.74) is 5.33. The van der Waals surface area contributed by atoms with Crippen LogP contribution in [0, 0.1) is 0 Å². The summed E-state index contributed by atoms with van der Waals surface area (Å²) in [6, 6.07) is 7.03. The second-order valence-corrected chi connectivity index (χ2v) is 3.74. The van der Waals surface area contributed by atoms with Crippen molar-refractivity contribution >= 4 is 5.91 Å². The van der Waals surface area contributed by atoms with Crippen LogP contribution in [-0.4, -0.2) is 45.9 Å². The minimum atomic E-state index is -0.180. The van der Waals surface area contributed by atoms with E-state index in [-0.39, 0.29) is 12.5 Å². The molecule has 1 aromatic carbocycles. The van der Waals surface area contributed by atoms with Gasteiger partial charge in [-0.15, -0.1) is 0 Å². The Balaban J connectivity index is 2.27. The minimum absolute atomic E-state index is 0.0211. The Morgan fingerprint density at radius 2 is 1.79 bits per heavy atom. The van der Waals surface area contributed by atoms with Crippen molar-refractivity contribution in [3.05, 3.63) is 24.3 Å². The lowest BCUT2D eigenvalue weighted by atomic mass is 10.3. The van der Waals surface area contributed by atoms with Gasteiger partial charge in [0, 0.05) is 20.2 Å². The number of amides is 1. The van der Waals surface area contributed by atoms with E-state index in [0.29, 0.717) is 32.1 Å². The number of carbonyl (C=O) groups excluding carboxylic acids is 1. The van der Waals surface area contributed by atoms with Crippen molar-refractivity contribution in [2.75, 3.05) is 40.0 Å². The first kappa shape index (κ1) is 15.3. The van der Waals surface area contributed by atoms with E-state index < -0.39 is 0 Å². The second-order valence-electron chi connectivity index (χ2n) is 3.74. The molecule has 0 radical (unpaired) electrons. The first-order valence-electron chi connectivity index (χ1n) is 6.07. The van der Waals surface area contributed by atoms with Crippen LogP contribution in [0.25, 0.3) is 0 Å². The van der Waals surface area contributed by atoms with Gasteiger partial charge in [0.05, 0.1) is 6.61 Å². The maximum absolute atomic E-state index is 11.4. The molecule has 6 nitrogen and oxygen atoms in total. The van der Waals surface area contributed by atoms with Crippen LogP contribution in [0.4, 0.5) is 0 Å². The molecule has 0 heterocycles. The first-order valence-corrected chi connectivity index (χ1v) is 6.07. The molecular weight excluding hydrogens is 248 g/mol. The van der Waals surface area contributed by atoms with Crippen LogP contribution < -0.4 is 20.5 Å². The van der Waals surface area contributed by atoms with Crippen molar-refractivity contribution in [2.45, 2.75) is 0 Å². The lowest BCUT2D eigenvalue weighted by Crippen LogP contribution is -2.31. The average molecular weight is 268 g/mol. The van der Waals surface area contributed by atoms with Crippen LogP contribution in [0.2, 0.25) is 0 Å². The number of hydrogen-bond donors (Lipinski definition) is 2. The minimum Gasteiger partial charge on any atom is -0.492 e. The normalized spacial score (nSPS) is 10.0. The number of hydrogen-bond acceptors (Lipinski definition) is 5. The molecule has 0 aliphatic heterocycles. The van der Waals surface area contributed by atoms with E-state index in [1.807, 2.05) is 0 Å². The number of methoxy groups -OCH3 is 1. The molecule has 19 heavy (non-hydrogen) atoms. The zero-order valence-electron chi connectivity index (χ0n) is 11.1. The van der Waals surface area contributed by atoms with E-state index in [4.69, 9.17) is 19.9 Å². The first-order chi connectivity index (χ1) is 9.26. The molecule has 0 saturated heterocycles. The van der Waals surface area contributed by atoms with Crippen LogP contribution in [0.15, 0.2) is 24.3 Å². The van der Waals surface area contributed by atoms with Gasteiger partial charge in [-0.05, 0) is 24.3 Å². The molecule has 0 aliphatic rings. The number of ether oxygens (including phenoxy) is 3. The molecule has 0 saturated carbocycles. The molecule has 0 aromatic heterocycles. The van der Waals surface area contributed by atoms with Crippen molar-refractivity contribution in [3.8, 4) is 11.5 Å². The Morgan fingerprint density at radius 3 is 2.37 bits per heavy atom. The Bertz CT molecular complexity index is 367. The number of rotatable bonds is 9. The third-order valence-corrected chi connectivity index (χ3v) is 2.21. The fourth-order valence-corrected chi connectivity index (χ4v) is 1.30. The Kier molecular flexibility index (Phi) is 7.38. The summed E-state index contributed by atoms with van der Waals surface area (Å²) in [4.78, 5) is 11.4. The third-order valence-electron chi connectivity index (χ3n) is 2.21. The molecule has 1 amide bonds. The number of carbonyl (C=O) groups is 1. The number of nitrogens with two attached hydrogens (primary N) is 1. The van der Waals surface area contributed by atoms with Gasteiger partial charge in [0.1, 0.15) is 18.1 Å². The van der Waals surface area contributed by atoms with Crippen molar-refractivity contribution in [3.63, 3.8) is 0 Å². The van der Waals surface area contributed by atoms with Gasteiger partial charge in [-0.1, -0.05) is 0 Å². The zero-order valence-corrected chi connectivity index (χ0v) is 11.1. The largest absolute Gasteiger partial charge is 0.492 e. The molecule has 3 N–H and O–H groups in total. The topological polar surface area (TPSA) is 82.8 Å². The summed E-state index contributed by atoms with van der Waals surface area (Å²) in [7, 11) is 1.58. The molecule has 1 rings (SSSR count). The highest BCUT2D eigenvalue weighted by Gasteiger charge is 2.02. The summed E-state index contributed by atoms with van der Waals surface area (Å²) in [6.45, 7) is 1.89.